The Kier molecular flexibility index (Phi) is 4.83. The smallest absolute Gasteiger partial charge is 0.0660 e. The number of aliphatic hydroxyl groups is 1. The van der Waals surface area contributed by atoms with Gasteiger partial charge < -0.3 is 10.0 Å². The molecule has 0 radical (unpaired) electrons. The fourth-order valence-corrected chi connectivity index (χ4v) is 3.47. The molecule has 1 heterocycles. The summed E-state index contributed by atoms with van der Waals surface area (Å²) in [6, 6.07) is 8.42. The van der Waals surface area contributed by atoms with Gasteiger partial charge in [0.05, 0.1) is 11.3 Å². The molecule has 1 saturated carbocycles. The van der Waals surface area contributed by atoms with Crippen LogP contribution in [0.4, 0.5) is 0 Å². The van der Waals surface area contributed by atoms with Crippen molar-refractivity contribution >= 4 is 0 Å². The Morgan fingerprint density at radius 2 is 2.09 bits per heavy atom. The minimum Gasteiger partial charge on any atom is -0.390 e. The Bertz CT molecular complexity index is 630. The third-order valence-corrected chi connectivity index (χ3v) is 5.03. The molecule has 1 N–H and O–H groups in total. The normalized spacial score (nSPS) is 17.0. The van der Waals surface area contributed by atoms with Gasteiger partial charge in [0.1, 0.15) is 0 Å². The van der Waals surface area contributed by atoms with E-state index in [0.29, 0.717) is 0 Å². The molecular formula is C19H27N3O. The second kappa shape index (κ2) is 6.85. The minimum absolute atomic E-state index is 0.409. The van der Waals surface area contributed by atoms with Crippen molar-refractivity contribution in [3.05, 3.63) is 47.8 Å². The molecular weight excluding hydrogens is 286 g/mol. The van der Waals surface area contributed by atoms with Crippen LogP contribution in [0.5, 0.6) is 0 Å². The van der Waals surface area contributed by atoms with E-state index in [0.717, 1.165) is 38.0 Å². The lowest BCUT2D eigenvalue weighted by molar-refractivity contribution is 0.0297. The summed E-state index contributed by atoms with van der Waals surface area (Å²) in [5.74, 6) is 0. The van der Waals surface area contributed by atoms with E-state index < -0.39 is 5.60 Å². The highest BCUT2D eigenvalue weighted by atomic mass is 16.3. The van der Waals surface area contributed by atoms with Crippen LogP contribution in [0.3, 0.4) is 0 Å². The maximum absolute atomic E-state index is 10.5. The molecule has 3 rings (SSSR count). The average molecular weight is 313 g/mol. The highest BCUT2D eigenvalue weighted by molar-refractivity contribution is 5.39. The van der Waals surface area contributed by atoms with Crippen LogP contribution in [-0.2, 0) is 6.54 Å². The number of hydrogen-bond donors (Lipinski definition) is 1. The zero-order chi connectivity index (χ0) is 16.3. The lowest BCUT2D eigenvalue weighted by atomic mass is 9.97. The first-order valence-corrected chi connectivity index (χ1v) is 8.56. The van der Waals surface area contributed by atoms with Crippen molar-refractivity contribution in [3.8, 4) is 5.69 Å². The van der Waals surface area contributed by atoms with Crippen molar-refractivity contribution in [3.63, 3.8) is 0 Å². The number of rotatable bonds is 6. The predicted molar refractivity (Wildman–Crippen MR) is 92.7 cm³/mol. The lowest BCUT2D eigenvalue weighted by Gasteiger charge is -2.26. The number of aromatic nitrogens is 2. The molecule has 0 aliphatic heterocycles. The van der Waals surface area contributed by atoms with E-state index in [4.69, 9.17) is 0 Å². The van der Waals surface area contributed by atoms with Gasteiger partial charge in [0.25, 0.3) is 0 Å². The van der Waals surface area contributed by atoms with Crippen molar-refractivity contribution in [1.29, 1.82) is 0 Å². The van der Waals surface area contributed by atoms with Crippen LogP contribution in [0.1, 0.15) is 43.2 Å². The third kappa shape index (κ3) is 4.01. The summed E-state index contributed by atoms with van der Waals surface area (Å²) >= 11 is 0. The van der Waals surface area contributed by atoms with E-state index >= 15 is 0 Å². The number of aryl methyl sites for hydroxylation is 1. The first kappa shape index (κ1) is 16.2. The molecule has 0 saturated heterocycles. The Morgan fingerprint density at radius 3 is 2.74 bits per heavy atom. The summed E-state index contributed by atoms with van der Waals surface area (Å²) in [7, 11) is 2.14. The molecule has 0 unspecified atom stereocenters. The van der Waals surface area contributed by atoms with E-state index in [2.05, 4.69) is 42.2 Å². The van der Waals surface area contributed by atoms with Gasteiger partial charge in [-0.05, 0) is 62.6 Å². The molecule has 0 bridgehead atoms. The molecule has 1 fully saturated rings. The Hall–Kier alpha value is -1.65. The molecule has 1 aromatic carbocycles. The Labute approximate surface area is 138 Å². The molecule has 0 atom stereocenters. The molecule has 1 aliphatic rings. The van der Waals surface area contributed by atoms with Gasteiger partial charge in [-0.1, -0.05) is 18.9 Å². The average Bonchev–Trinajstić information content (AvgIpc) is 3.19. The molecule has 23 heavy (non-hydrogen) atoms. The first-order chi connectivity index (χ1) is 11.1. The van der Waals surface area contributed by atoms with Crippen molar-refractivity contribution in [2.75, 3.05) is 13.6 Å². The van der Waals surface area contributed by atoms with Gasteiger partial charge in [0, 0.05) is 25.5 Å². The summed E-state index contributed by atoms with van der Waals surface area (Å²) in [4.78, 5) is 2.31. The van der Waals surface area contributed by atoms with Crippen LogP contribution in [0.25, 0.3) is 5.69 Å². The molecule has 1 aliphatic carbocycles. The molecule has 124 valence electrons. The monoisotopic (exact) mass is 313 g/mol. The van der Waals surface area contributed by atoms with Crippen molar-refractivity contribution in [2.24, 2.45) is 0 Å². The summed E-state index contributed by atoms with van der Waals surface area (Å²) in [6.07, 6.45) is 8.93. The highest BCUT2D eigenvalue weighted by Crippen LogP contribution is 2.32. The second-order valence-electron chi connectivity index (χ2n) is 6.98. The van der Waals surface area contributed by atoms with Gasteiger partial charge in [0.15, 0.2) is 0 Å². The fraction of sp³-hybridized carbons (Fsp3) is 0.526. The van der Waals surface area contributed by atoms with Crippen molar-refractivity contribution in [2.45, 2.75) is 51.2 Å². The van der Waals surface area contributed by atoms with Crippen LogP contribution >= 0.6 is 0 Å². The maximum Gasteiger partial charge on any atom is 0.0660 e. The quantitative estimate of drug-likeness (QED) is 0.889. The standard InChI is InChI=1S/C19H27N3O/c1-16-14-18(22-12-5-11-20-22)7-6-17(16)15-21(2)13-10-19(23)8-3-4-9-19/h5-7,11-12,14,23H,3-4,8-10,13,15H2,1-2H3. The van der Waals surface area contributed by atoms with Gasteiger partial charge in [-0.2, -0.15) is 5.10 Å². The van der Waals surface area contributed by atoms with Gasteiger partial charge >= 0.3 is 0 Å². The van der Waals surface area contributed by atoms with Crippen LogP contribution < -0.4 is 0 Å². The van der Waals surface area contributed by atoms with Crippen LogP contribution in [0, 0.1) is 6.92 Å². The van der Waals surface area contributed by atoms with Crippen molar-refractivity contribution in [1.82, 2.24) is 14.7 Å². The van der Waals surface area contributed by atoms with E-state index in [1.54, 1.807) is 6.20 Å². The fourth-order valence-electron chi connectivity index (χ4n) is 3.47. The summed E-state index contributed by atoms with van der Waals surface area (Å²) in [5, 5.41) is 14.7. The Morgan fingerprint density at radius 1 is 1.30 bits per heavy atom. The maximum atomic E-state index is 10.5. The number of nitrogens with zero attached hydrogens (tertiary/aromatic N) is 3. The SMILES string of the molecule is Cc1cc(-n2cccn2)ccc1CN(C)CCC1(O)CCCC1. The topological polar surface area (TPSA) is 41.3 Å². The van der Waals surface area contributed by atoms with Crippen molar-refractivity contribution < 1.29 is 5.11 Å². The molecule has 4 heteroatoms. The van der Waals surface area contributed by atoms with E-state index in [1.165, 1.54) is 24.0 Å². The summed E-state index contributed by atoms with van der Waals surface area (Å²) in [5.41, 5.74) is 3.30. The van der Waals surface area contributed by atoms with Gasteiger partial charge in [0.2, 0.25) is 0 Å². The molecule has 0 amide bonds. The van der Waals surface area contributed by atoms with E-state index in [1.807, 2.05) is 16.9 Å². The lowest BCUT2D eigenvalue weighted by Crippen LogP contribution is -2.31. The molecule has 2 aromatic rings. The second-order valence-corrected chi connectivity index (χ2v) is 6.98. The highest BCUT2D eigenvalue weighted by Gasteiger charge is 2.30. The third-order valence-electron chi connectivity index (χ3n) is 5.03. The zero-order valence-electron chi connectivity index (χ0n) is 14.2. The number of benzene rings is 1. The molecule has 4 nitrogen and oxygen atoms in total. The van der Waals surface area contributed by atoms with Gasteiger partial charge in [-0.25, -0.2) is 4.68 Å². The Balaban J connectivity index is 1.59. The zero-order valence-corrected chi connectivity index (χ0v) is 14.2. The molecule has 1 aromatic heterocycles. The van der Waals surface area contributed by atoms with Crippen LogP contribution in [0.2, 0.25) is 0 Å². The number of hydrogen-bond acceptors (Lipinski definition) is 3. The molecule has 0 spiro atoms. The minimum atomic E-state index is -0.409. The van der Waals surface area contributed by atoms with Crippen LogP contribution in [0.15, 0.2) is 36.7 Å². The van der Waals surface area contributed by atoms with E-state index in [9.17, 15) is 5.11 Å². The van der Waals surface area contributed by atoms with Crippen LogP contribution in [-0.4, -0.2) is 39.0 Å². The van der Waals surface area contributed by atoms with E-state index in [-0.39, 0.29) is 0 Å². The predicted octanol–water partition coefficient (Wildman–Crippen LogP) is 3.31. The summed E-state index contributed by atoms with van der Waals surface area (Å²) < 4.78 is 1.89. The first-order valence-electron chi connectivity index (χ1n) is 8.56. The largest absolute Gasteiger partial charge is 0.390 e. The van der Waals surface area contributed by atoms with Gasteiger partial charge in [-0.3, -0.25) is 0 Å². The summed E-state index contributed by atoms with van der Waals surface area (Å²) in [6.45, 7) is 4.01. The van der Waals surface area contributed by atoms with Gasteiger partial charge in [-0.15, -0.1) is 0 Å².